The lowest BCUT2D eigenvalue weighted by molar-refractivity contribution is -0.379. The molecule has 1 amide bonds. The number of nitrogens with one attached hydrogen (secondary N) is 1. The normalized spacial score (nSPS) is 32.8. The van der Waals surface area contributed by atoms with Crippen molar-refractivity contribution in [2.24, 2.45) is 0 Å². The van der Waals surface area contributed by atoms with Gasteiger partial charge >= 0.3 is 0 Å². The van der Waals surface area contributed by atoms with Crippen LogP contribution in [0.1, 0.15) is 129 Å². The maximum absolute atomic E-state index is 13.2. The van der Waals surface area contributed by atoms with E-state index in [-0.39, 0.29) is 18.9 Å². The molecule has 0 bridgehead atoms. The third-order valence-electron chi connectivity index (χ3n) is 12.9. The monoisotopic (exact) mass is 1020 g/mol. The second-order valence-electron chi connectivity index (χ2n) is 18.6. The Morgan fingerprint density at radius 1 is 0.521 bits per heavy atom. The molecular formula is C52H89NO18. The van der Waals surface area contributed by atoms with Crippen LogP contribution in [0.4, 0.5) is 0 Å². The summed E-state index contributed by atoms with van der Waals surface area (Å²) in [6.45, 7) is 1.55. The minimum atomic E-state index is -1.98. The zero-order valence-electron chi connectivity index (χ0n) is 41.9. The van der Waals surface area contributed by atoms with Crippen molar-refractivity contribution in [2.75, 3.05) is 26.4 Å². The van der Waals surface area contributed by atoms with Gasteiger partial charge in [-0.25, -0.2) is 0 Å². The quantitative estimate of drug-likeness (QED) is 0.0320. The number of hydrogen-bond donors (Lipinski definition) is 12. The molecule has 410 valence electrons. The van der Waals surface area contributed by atoms with Crippen LogP contribution in [0.5, 0.6) is 0 Å². The van der Waals surface area contributed by atoms with Gasteiger partial charge in [-0.3, -0.25) is 4.79 Å². The molecule has 19 nitrogen and oxygen atoms in total. The number of carbonyl (C=O) groups is 1. The average Bonchev–Trinajstić information content (AvgIpc) is 3.36. The van der Waals surface area contributed by atoms with E-state index < -0.39 is 124 Å². The van der Waals surface area contributed by atoms with Crippen molar-refractivity contribution in [1.29, 1.82) is 0 Å². The van der Waals surface area contributed by atoms with Crippen molar-refractivity contribution in [3.05, 3.63) is 60.8 Å². The number of ether oxygens (including phenoxy) is 6. The molecule has 3 fully saturated rings. The third kappa shape index (κ3) is 22.1. The molecule has 0 aliphatic carbocycles. The van der Waals surface area contributed by atoms with E-state index in [0.29, 0.717) is 25.7 Å². The molecule has 3 aliphatic heterocycles. The lowest BCUT2D eigenvalue weighted by Crippen LogP contribution is -2.66. The van der Waals surface area contributed by atoms with Gasteiger partial charge in [-0.05, 0) is 51.4 Å². The van der Waals surface area contributed by atoms with Crippen LogP contribution in [-0.4, -0.2) is 193 Å². The fourth-order valence-electron chi connectivity index (χ4n) is 8.52. The van der Waals surface area contributed by atoms with E-state index in [1.807, 2.05) is 6.08 Å². The van der Waals surface area contributed by atoms with Crippen LogP contribution < -0.4 is 5.32 Å². The van der Waals surface area contributed by atoms with Gasteiger partial charge < -0.3 is 89.9 Å². The second kappa shape index (κ2) is 36.4. The fraction of sp³-hybridized carbons (Fsp3) is 0.788. The Morgan fingerprint density at radius 2 is 0.958 bits per heavy atom. The summed E-state index contributed by atoms with van der Waals surface area (Å²) < 4.78 is 34.1. The molecule has 3 aliphatic rings. The summed E-state index contributed by atoms with van der Waals surface area (Å²) >= 11 is 0. The van der Waals surface area contributed by atoms with Gasteiger partial charge in [-0.15, -0.1) is 0 Å². The maximum atomic E-state index is 13.2. The van der Waals surface area contributed by atoms with Gasteiger partial charge in [-0.2, -0.15) is 0 Å². The van der Waals surface area contributed by atoms with Crippen molar-refractivity contribution < 1.29 is 89.4 Å². The van der Waals surface area contributed by atoms with Gasteiger partial charge in [0.25, 0.3) is 0 Å². The Kier molecular flexibility index (Phi) is 32.2. The number of amides is 1. The number of aliphatic hydroxyl groups excluding tert-OH is 11. The standard InChI is InChI=1S/C52H89NO18/c1-3-5-7-9-11-13-14-15-16-17-18-19-20-22-24-26-28-30-40(58)53-35(36(57)29-27-25-23-21-12-10-8-6-4-2)34-66-50-46(64)43(61)48(38(32-55)68-50)71-52-47(65)44(62)49(39(33-56)69-52)70-51-45(63)42(60)41(59)37(31-54)67-51/h5,7,11,13,15-16,18-19,22,24,35-39,41-52,54-57,59-65H,3-4,6,8-10,12,14,17,20-21,23,25-34H2,1-2H3,(H,53,58)/b7-5-,13-11-,16-15-,19-18-,24-22-. The minimum Gasteiger partial charge on any atom is -0.394 e. The highest BCUT2D eigenvalue weighted by Crippen LogP contribution is 2.33. The molecule has 3 heterocycles. The number of carbonyl (C=O) groups excluding carboxylic acids is 1. The second-order valence-corrected chi connectivity index (χ2v) is 18.6. The largest absolute Gasteiger partial charge is 0.394 e. The molecule has 0 spiro atoms. The van der Waals surface area contributed by atoms with Gasteiger partial charge in [0, 0.05) is 6.42 Å². The van der Waals surface area contributed by atoms with Crippen LogP contribution in [-0.2, 0) is 33.2 Å². The van der Waals surface area contributed by atoms with Crippen LogP contribution >= 0.6 is 0 Å². The Hall–Kier alpha value is -2.51. The number of unbranched alkanes of at least 4 members (excludes halogenated alkanes) is 9. The van der Waals surface area contributed by atoms with E-state index in [0.717, 1.165) is 57.8 Å². The predicted molar refractivity (Wildman–Crippen MR) is 263 cm³/mol. The Labute approximate surface area is 420 Å². The van der Waals surface area contributed by atoms with Crippen molar-refractivity contribution >= 4 is 5.91 Å². The Balaban J connectivity index is 1.55. The first kappa shape index (κ1) is 62.8. The summed E-state index contributed by atoms with van der Waals surface area (Å²) in [6.07, 6.45) is 10.6. The van der Waals surface area contributed by atoms with Gasteiger partial charge in [0.05, 0.1) is 38.6 Å². The summed E-state index contributed by atoms with van der Waals surface area (Å²) in [7, 11) is 0. The van der Waals surface area contributed by atoms with Crippen LogP contribution in [0.15, 0.2) is 60.8 Å². The highest BCUT2D eigenvalue weighted by molar-refractivity contribution is 5.76. The van der Waals surface area contributed by atoms with Crippen molar-refractivity contribution in [3.63, 3.8) is 0 Å². The molecule has 12 N–H and O–H groups in total. The molecule has 0 aromatic rings. The summed E-state index contributed by atoms with van der Waals surface area (Å²) in [5.74, 6) is -0.306. The molecule has 17 unspecified atom stereocenters. The summed E-state index contributed by atoms with van der Waals surface area (Å²) in [5.41, 5.74) is 0. The zero-order valence-corrected chi connectivity index (χ0v) is 41.9. The molecule has 17 atom stereocenters. The van der Waals surface area contributed by atoms with Crippen LogP contribution in [0.25, 0.3) is 0 Å². The first-order valence-corrected chi connectivity index (χ1v) is 26.0. The first-order chi connectivity index (χ1) is 34.3. The third-order valence-corrected chi connectivity index (χ3v) is 12.9. The maximum Gasteiger partial charge on any atom is 0.220 e. The predicted octanol–water partition coefficient (Wildman–Crippen LogP) is 2.14. The van der Waals surface area contributed by atoms with E-state index in [9.17, 15) is 61.0 Å². The summed E-state index contributed by atoms with van der Waals surface area (Å²) in [4.78, 5) is 13.2. The first-order valence-electron chi connectivity index (χ1n) is 26.0. The fourth-order valence-corrected chi connectivity index (χ4v) is 8.52. The average molecular weight is 1020 g/mol. The van der Waals surface area contributed by atoms with E-state index in [2.05, 4.69) is 73.8 Å². The molecule has 0 aromatic carbocycles. The molecule has 3 rings (SSSR count). The Bertz CT molecular complexity index is 1540. The van der Waals surface area contributed by atoms with Crippen molar-refractivity contribution in [2.45, 2.75) is 234 Å². The number of rotatable bonds is 35. The number of aliphatic hydroxyl groups is 11. The van der Waals surface area contributed by atoms with Crippen LogP contribution in [0, 0.1) is 0 Å². The lowest BCUT2D eigenvalue weighted by Gasteiger charge is -2.48. The van der Waals surface area contributed by atoms with E-state index >= 15 is 0 Å². The molecule has 0 aromatic heterocycles. The van der Waals surface area contributed by atoms with Gasteiger partial charge in [0.1, 0.15) is 73.2 Å². The highest BCUT2D eigenvalue weighted by Gasteiger charge is 2.53. The summed E-state index contributed by atoms with van der Waals surface area (Å²) in [5, 5.41) is 120. The molecule has 0 saturated carbocycles. The smallest absolute Gasteiger partial charge is 0.220 e. The Morgan fingerprint density at radius 3 is 1.46 bits per heavy atom. The van der Waals surface area contributed by atoms with E-state index in [1.54, 1.807) is 0 Å². The number of allylic oxidation sites excluding steroid dienone is 10. The topological polar surface area (TPSA) is 307 Å². The van der Waals surface area contributed by atoms with Gasteiger partial charge in [0.15, 0.2) is 18.9 Å². The van der Waals surface area contributed by atoms with Crippen LogP contribution in [0.3, 0.4) is 0 Å². The highest BCUT2D eigenvalue weighted by atomic mass is 16.8. The molecular weight excluding hydrogens is 927 g/mol. The molecule has 3 saturated heterocycles. The van der Waals surface area contributed by atoms with Crippen LogP contribution in [0.2, 0.25) is 0 Å². The molecule has 71 heavy (non-hydrogen) atoms. The SMILES string of the molecule is CC/C=C\C/C=C\C/C=C\C/C=C\C/C=C\CCCC(=O)NC(COC1OC(CO)C(OC2OC(CO)C(OC3OC(CO)C(O)C(O)C3O)C(O)C2O)C(O)C1O)C(O)CCCCCCCCCCC. The zero-order chi connectivity index (χ0) is 52.0. The summed E-state index contributed by atoms with van der Waals surface area (Å²) in [6, 6.07) is -0.916. The van der Waals surface area contributed by atoms with Crippen molar-refractivity contribution in [1.82, 2.24) is 5.32 Å². The minimum absolute atomic E-state index is 0.185. The van der Waals surface area contributed by atoms with E-state index in [1.165, 1.54) is 25.7 Å². The van der Waals surface area contributed by atoms with Crippen molar-refractivity contribution in [3.8, 4) is 0 Å². The van der Waals surface area contributed by atoms with E-state index in [4.69, 9.17) is 28.4 Å². The molecule has 19 heteroatoms. The van der Waals surface area contributed by atoms with Gasteiger partial charge in [0.2, 0.25) is 5.91 Å². The molecule has 0 radical (unpaired) electrons. The van der Waals surface area contributed by atoms with Gasteiger partial charge in [-0.1, -0.05) is 132 Å². The lowest BCUT2D eigenvalue weighted by atomic mass is 9.96. The number of hydrogen-bond acceptors (Lipinski definition) is 18.